The lowest BCUT2D eigenvalue weighted by molar-refractivity contribution is 0.118. The summed E-state index contributed by atoms with van der Waals surface area (Å²) < 4.78 is 1.09. The van der Waals surface area contributed by atoms with E-state index in [0.29, 0.717) is 0 Å². The maximum Gasteiger partial charge on any atom is 0.0793 e. The van der Waals surface area contributed by atoms with Crippen molar-refractivity contribution in [2.75, 3.05) is 0 Å². The Morgan fingerprint density at radius 3 is 2.73 bits per heavy atom. The number of rotatable bonds is 3. The lowest BCUT2D eigenvalue weighted by Crippen LogP contribution is -2.14. The number of halogens is 1. The maximum absolute atomic E-state index is 10.1. The molecule has 1 aromatic rings. The molecule has 1 saturated carbocycles. The Morgan fingerprint density at radius 1 is 1.47 bits per heavy atom. The van der Waals surface area contributed by atoms with Gasteiger partial charge in [-0.25, -0.2) is 0 Å². The molecule has 1 atom stereocenters. The van der Waals surface area contributed by atoms with Crippen molar-refractivity contribution in [1.29, 1.82) is 0 Å². The van der Waals surface area contributed by atoms with Gasteiger partial charge in [0.05, 0.1) is 6.10 Å². The van der Waals surface area contributed by atoms with Crippen molar-refractivity contribution >= 4 is 15.9 Å². The molecule has 0 bridgehead atoms. The zero-order chi connectivity index (χ0) is 10.8. The fourth-order valence-electron chi connectivity index (χ4n) is 2.00. The van der Waals surface area contributed by atoms with Gasteiger partial charge >= 0.3 is 0 Å². The lowest BCUT2D eigenvalue weighted by Gasteiger charge is -2.27. The summed E-state index contributed by atoms with van der Waals surface area (Å²) in [4.78, 5) is 0. The van der Waals surface area contributed by atoms with Crippen LogP contribution in [0.1, 0.15) is 42.9 Å². The van der Waals surface area contributed by atoms with E-state index in [-0.39, 0.29) is 6.10 Å². The van der Waals surface area contributed by atoms with Gasteiger partial charge in [0.25, 0.3) is 0 Å². The molecule has 0 aliphatic heterocycles. The zero-order valence-electron chi connectivity index (χ0n) is 9.04. The van der Waals surface area contributed by atoms with Crippen LogP contribution in [0.15, 0.2) is 22.7 Å². The van der Waals surface area contributed by atoms with E-state index in [9.17, 15) is 5.11 Å². The molecule has 0 saturated heterocycles. The van der Waals surface area contributed by atoms with Crippen LogP contribution in [-0.4, -0.2) is 5.11 Å². The van der Waals surface area contributed by atoms with E-state index in [1.165, 1.54) is 24.8 Å². The Hall–Kier alpha value is -0.340. The average molecular weight is 269 g/mol. The van der Waals surface area contributed by atoms with Crippen LogP contribution in [0.25, 0.3) is 0 Å². The van der Waals surface area contributed by atoms with Crippen molar-refractivity contribution in [3.63, 3.8) is 0 Å². The highest BCUT2D eigenvalue weighted by Gasteiger charge is 2.21. The van der Waals surface area contributed by atoms with E-state index in [1.807, 2.05) is 12.1 Å². The van der Waals surface area contributed by atoms with Gasteiger partial charge in [0, 0.05) is 4.47 Å². The highest BCUT2D eigenvalue weighted by atomic mass is 79.9. The largest absolute Gasteiger partial charge is 0.388 e. The molecule has 1 N–H and O–H groups in total. The minimum atomic E-state index is -0.285. The van der Waals surface area contributed by atoms with Crippen molar-refractivity contribution in [1.82, 2.24) is 0 Å². The first-order valence-electron chi connectivity index (χ1n) is 5.61. The molecule has 2 rings (SSSR count). The molecular formula is C13H17BrO. The van der Waals surface area contributed by atoms with Gasteiger partial charge in [-0.15, -0.1) is 0 Å². The summed E-state index contributed by atoms with van der Waals surface area (Å²) in [6.45, 7) is 2.06. The second kappa shape index (κ2) is 4.67. The van der Waals surface area contributed by atoms with E-state index in [1.54, 1.807) is 0 Å². The molecule has 0 heterocycles. The predicted octanol–water partition coefficient (Wildman–Crippen LogP) is 3.98. The first-order chi connectivity index (χ1) is 7.16. The van der Waals surface area contributed by atoms with Crippen LogP contribution in [-0.2, 0) is 0 Å². The van der Waals surface area contributed by atoms with E-state index in [0.717, 1.165) is 22.4 Å². The first kappa shape index (κ1) is 11.2. The summed E-state index contributed by atoms with van der Waals surface area (Å²) >= 11 is 3.50. The topological polar surface area (TPSA) is 20.2 Å². The molecule has 1 fully saturated rings. The van der Waals surface area contributed by atoms with Crippen LogP contribution in [0.3, 0.4) is 0 Å². The van der Waals surface area contributed by atoms with Crippen molar-refractivity contribution < 1.29 is 5.11 Å². The average Bonchev–Trinajstić information content (AvgIpc) is 2.15. The Bertz CT molecular complexity index is 344. The van der Waals surface area contributed by atoms with E-state index < -0.39 is 0 Å². The number of hydrogen-bond acceptors (Lipinski definition) is 1. The molecule has 1 unspecified atom stereocenters. The third-order valence-corrected chi connectivity index (χ3v) is 4.22. The summed E-state index contributed by atoms with van der Waals surface area (Å²) in [7, 11) is 0. The Balaban J connectivity index is 2.03. The fraction of sp³-hybridized carbons (Fsp3) is 0.538. The van der Waals surface area contributed by atoms with Gasteiger partial charge in [-0.1, -0.05) is 47.3 Å². The van der Waals surface area contributed by atoms with E-state index >= 15 is 0 Å². The molecule has 2 heteroatoms. The third-order valence-electron chi connectivity index (χ3n) is 3.36. The van der Waals surface area contributed by atoms with Gasteiger partial charge in [0.15, 0.2) is 0 Å². The van der Waals surface area contributed by atoms with Gasteiger partial charge in [-0.3, -0.25) is 0 Å². The lowest BCUT2D eigenvalue weighted by atomic mass is 9.80. The van der Waals surface area contributed by atoms with Crippen LogP contribution in [0, 0.1) is 12.8 Å². The van der Waals surface area contributed by atoms with Gasteiger partial charge in [0.2, 0.25) is 0 Å². The van der Waals surface area contributed by atoms with Crippen molar-refractivity contribution in [3.05, 3.63) is 33.8 Å². The number of aliphatic hydroxyl groups excluding tert-OH is 1. The highest BCUT2D eigenvalue weighted by Crippen LogP contribution is 2.35. The van der Waals surface area contributed by atoms with Crippen LogP contribution < -0.4 is 0 Å². The molecule has 0 amide bonds. The van der Waals surface area contributed by atoms with Crippen LogP contribution in [0.2, 0.25) is 0 Å². The van der Waals surface area contributed by atoms with Crippen LogP contribution >= 0.6 is 15.9 Å². The number of benzene rings is 1. The molecule has 82 valence electrons. The second-order valence-corrected chi connectivity index (χ2v) is 5.41. The Kier molecular flexibility index (Phi) is 3.47. The Morgan fingerprint density at radius 2 is 2.20 bits per heavy atom. The quantitative estimate of drug-likeness (QED) is 0.879. The van der Waals surface area contributed by atoms with Gasteiger partial charge < -0.3 is 5.11 Å². The molecule has 0 aromatic heterocycles. The van der Waals surface area contributed by atoms with E-state index in [4.69, 9.17) is 0 Å². The molecule has 1 aromatic carbocycles. The van der Waals surface area contributed by atoms with Crippen LogP contribution in [0.5, 0.6) is 0 Å². The Labute approximate surface area is 99.6 Å². The standard InChI is InChI=1S/C13H17BrO/c1-9-5-6-11(8-12(9)14)13(15)7-10-3-2-4-10/h5-6,8,10,13,15H,2-4,7H2,1H3. The predicted molar refractivity (Wildman–Crippen MR) is 65.8 cm³/mol. The molecule has 0 spiro atoms. The molecule has 15 heavy (non-hydrogen) atoms. The SMILES string of the molecule is Cc1ccc(C(O)CC2CCC2)cc1Br. The minimum Gasteiger partial charge on any atom is -0.388 e. The smallest absolute Gasteiger partial charge is 0.0793 e. The maximum atomic E-state index is 10.1. The number of aryl methyl sites for hydroxylation is 1. The highest BCUT2D eigenvalue weighted by molar-refractivity contribution is 9.10. The monoisotopic (exact) mass is 268 g/mol. The summed E-state index contributed by atoms with van der Waals surface area (Å²) in [6.07, 6.45) is 4.57. The van der Waals surface area contributed by atoms with Crippen LogP contribution in [0.4, 0.5) is 0 Å². The summed E-state index contributed by atoms with van der Waals surface area (Å²) in [6, 6.07) is 6.13. The molecule has 0 radical (unpaired) electrons. The second-order valence-electron chi connectivity index (χ2n) is 4.56. The van der Waals surface area contributed by atoms with Crippen molar-refractivity contribution in [2.45, 2.75) is 38.7 Å². The van der Waals surface area contributed by atoms with Crippen molar-refractivity contribution in [3.8, 4) is 0 Å². The molecular weight excluding hydrogens is 252 g/mol. The van der Waals surface area contributed by atoms with Gasteiger partial charge in [-0.05, 0) is 36.5 Å². The summed E-state index contributed by atoms with van der Waals surface area (Å²) in [5, 5.41) is 10.1. The third kappa shape index (κ3) is 2.61. The fourth-order valence-corrected chi connectivity index (χ4v) is 2.39. The zero-order valence-corrected chi connectivity index (χ0v) is 10.6. The summed E-state index contributed by atoms with van der Waals surface area (Å²) in [5.41, 5.74) is 2.26. The number of aliphatic hydroxyl groups is 1. The van der Waals surface area contributed by atoms with Gasteiger partial charge in [-0.2, -0.15) is 0 Å². The molecule has 1 nitrogen and oxygen atoms in total. The minimum absolute atomic E-state index is 0.285. The van der Waals surface area contributed by atoms with Gasteiger partial charge in [0.1, 0.15) is 0 Å². The molecule has 1 aliphatic rings. The van der Waals surface area contributed by atoms with E-state index in [2.05, 4.69) is 28.9 Å². The number of hydrogen-bond donors (Lipinski definition) is 1. The molecule has 1 aliphatic carbocycles. The summed E-state index contributed by atoms with van der Waals surface area (Å²) in [5.74, 6) is 0.750. The van der Waals surface area contributed by atoms with Crippen molar-refractivity contribution in [2.24, 2.45) is 5.92 Å². The first-order valence-corrected chi connectivity index (χ1v) is 6.40. The normalized spacial score (nSPS) is 18.6.